The molecule has 3 N–H and O–H groups in total. The molecule has 0 fully saturated rings. The first-order valence-electron chi connectivity index (χ1n) is 7.36. The number of carbonyl (C=O) groups is 1. The molecule has 0 radical (unpaired) electrons. The van der Waals surface area contributed by atoms with Gasteiger partial charge in [-0.15, -0.1) is 0 Å². The van der Waals surface area contributed by atoms with Crippen molar-refractivity contribution in [1.29, 1.82) is 0 Å². The van der Waals surface area contributed by atoms with Crippen LogP contribution in [0.1, 0.15) is 38.7 Å². The van der Waals surface area contributed by atoms with Crippen molar-refractivity contribution in [3.05, 3.63) is 35.9 Å². The van der Waals surface area contributed by atoms with E-state index in [4.69, 9.17) is 10.9 Å². The van der Waals surface area contributed by atoms with Crippen molar-refractivity contribution < 1.29 is 10.0 Å². The Labute approximate surface area is 126 Å². The standard InChI is InChI=1S/C16H25N3O2/c1-4-14(13-9-7-6-8-10-13)16(20)19(5-2)11-12(3)15(17)18-21/h6-10,12,14,21H,4-5,11H2,1-3H3,(H2,17,18). The lowest BCUT2D eigenvalue weighted by Crippen LogP contribution is -2.41. The highest BCUT2D eigenvalue weighted by Gasteiger charge is 2.25. The van der Waals surface area contributed by atoms with Gasteiger partial charge in [0.25, 0.3) is 0 Å². The maximum atomic E-state index is 12.7. The number of nitrogens with two attached hydrogens (primary N) is 1. The minimum atomic E-state index is -0.174. The number of amidine groups is 1. The van der Waals surface area contributed by atoms with Crippen LogP contribution in [0.2, 0.25) is 0 Å². The molecule has 0 aliphatic carbocycles. The third kappa shape index (κ3) is 4.48. The molecular weight excluding hydrogens is 266 g/mol. The van der Waals surface area contributed by atoms with Crippen LogP contribution in [0.15, 0.2) is 35.5 Å². The molecule has 1 aromatic rings. The van der Waals surface area contributed by atoms with Crippen LogP contribution >= 0.6 is 0 Å². The van der Waals surface area contributed by atoms with Gasteiger partial charge < -0.3 is 15.8 Å². The number of oxime groups is 1. The van der Waals surface area contributed by atoms with E-state index in [2.05, 4.69) is 5.16 Å². The molecule has 21 heavy (non-hydrogen) atoms. The second-order valence-corrected chi connectivity index (χ2v) is 5.17. The Hall–Kier alpha value is -2.04. The van der Waals surface area contributed by atoms with Gasteiger partial charge in [-0.05, 0) is 18.9 Å². The summed E-state index contributed by atoms with van der Waals surface area (Å²) in [6, 6.07) is 9.79. The van der Waals surface area contributed by atoms with Gasteiger partial charge in [-0.3, -0.25) is 4.79 Å². The SMILES string of the molecule is CCC(C(=O)N(CC)CC(C)C(N)=NO)c1ccccc1. The van der Waals surface area contributed by atoms with Gasteiger partial charge in [-0.25, -0.2) is 0 Å². The topological polar surface area (TPSA) is 78.9 Å². The monoisotopic (exact) mass is 291 g/mol. The average Bonchev–Trinajstić information content (AvgIpc) is 2.53. The van der Waals surface area contributed by atoms with Crippen molar-refractivity contribution >= 4 is 11.7 Å². The Morgan fingerprint density at radius 1 is 1.33 bits per heavy atom. The molecule has 2 unspecified atom stereocenters. The molecule has 116 valence electrons. The number of likely N-dealkylation sites (N-methyl/N-ethyl adjacent to an activating group) is 1. The first-order chi connectivity index (χ1) is 10.0. The van der Waals surface area contributed by atoms with Crippen LogP contribution in [-0.2, 0) is 4.79 Å². The molecule has 1 aromatic carbocycles. The summed E-state index contributed by atoms with van der Waals surface area (Å²) in [7, 11) is 0. The van der Waals surface area contributed by atoms with Crippen LogP contribution in [-0.4, -0.2) is 34.9 Å². The smallest absolute Gasteiger partial charge is 0.230 e. The number of benzene rings is 1. The average molecular weight is 291 g/mol. The Kier molecular flexibility index (Phi) is 6.72. The normalized spacial score (nSPS) is 14.5. The maximum Gasteiger partial charge on any atom is 0.230 e. The van der Waals surface area contributed by atoms with Crippen LogP contribution < -0.4 is 5.73 Å². The lowest BCUT2D eigenvalue weighted by Gasteiger charge is -2.28. The molecule has 0 aliphatic heterocycles. The molecule has 0 aromatic heterocycles. The molecule has 1 rings (SSSR count). The van der Waals surface area contributed by atoms with Crippen LogP contribution in [0.4, 0.5) is 0 Å². The summed E-state index contributed by atoms with van der Waals surface area (Å²) in [5.74, 6) is -0.0874. The summed E-state index contributed by atoms with van der Waals surface area (Å²) in [6.07, 6.45) is 0.747. The van der Waals surface area contributed by atoms with E-state index in [0.29, 0.717) is 13.1 Å². The number of rotatable bonds is 7. The number of nitrogens with zero attached hydrogens (tertiary/aromatic N) is 2. The molecule has 1 amide bonds. The summed E-state index contributed by atoms with van der Waals surface area (Å²) >= 11 is 0. The van der Waals surface area contributed by atoms with Crippen molar-refractivity contribution in [2.45, 2.75) is 33.1 Å². The zero-order valence-corrected chi connectivity index (χ0v) is 13.0. The molecular formula is C16H25N3O2. The predicted octanol–water partition coefficient (Wildman–Crippen LogP) is 2.41. The molecule has 0 saturated carbocycles. The van der Waals surface area contributed by atoms with Gasteiger partial charge in [0.1, 0.15) is 5.84 Å². The summed E-state index contributed by atoms with van der Waals surface area (Å²) in [5.41, 5.74) is 6.63. The van der Waals surface area contributed by atoms with Crippen LogP contribution in [0.25, 0.3) is 0 Å². The van der Waals surface area contributed by atoms with Crippen molar-refractivity contribution in [2.24, 2.45) is 16.8 Å². The molecule has 0 saturated heterocycles. The summed E-state index contributed by atoms with van der Waals surface area (Å²) in [6.45, 7) is 6.85. The highest BCUT2D eigenvalue weighted by Crippen LogP contribution is 2.22. The lowest BCUT2D eigenvalue weighted by molar-refractivity contribution is -0.133. The molecule has 5 heteroatoms. The largest absolute Gasteiger partial charge is 0.409 e. The molecule has 0 aliphatic rings. The fourth-order valence-corrected chi connectivity index (χ4v) is 2.36. The van der Waals surface area contributed by atoms with Crippen LogP contribution in [0.3, 0.4) is 0 Å². The van der Waals surface area contributed by atoms with Crippen molar-refractivity contribution in [3.8, 4) is 0 Å². The zero-order chi connectivity index (χ0) is 15.8. The molecule has 2 atom stereocenters. The van der Waals surface area contributed by atoms with Gasteiger partial charge in [-0.2, -0.15) is 0 Å². The highest BCUT2D eigenvalue weighted by molar-refractivity contribution is 5.85. The van der Waals surface area contributed by atoms with E-state index in [1.54, 1.807) is 4.90 Å². The van der Waals surface area contributed by atoms with Gasteiger partial charge in [0.05, 0.1) is 5.92 Å². The number of amides is 1. The molecule has 0 heterocycles. The second-order valence-electron chi connectivity index (χ2n) is 5.17. The summed E-state index contributed by atoms with van der Waals surface area (Å²) in [5, 5.41) is 11.7. The van der Waals surface area contributed by atoms with E-state index >= 15 is 0 Å². The third-order valence-corrected chi connectivity index (χ3v) is 3.72. The molecule has 0 spiro atoms. The minimum absolute atomic E-state index is 0.0868. The fourth-order valence-electron chi connectivity index (χ4n) is 2.36. The Balaban J connectivity index is 2.86. The van der Waals surface area contributed by atoms with Gasteiger partial charge >= 0.3 is 0 Å². The van der Waals surface area contributed by atoms with Gasteiger partial charge in [-0.1, -0.05) is 49.3 Å². The number of carbonyl (C=O) groups excluding carboxylic acids is 1. The maximum absolute atomic E-state index is 12.7. The van der Waals surface area contributed by atoms with Gasteiger partial charge in [0.2, 0.25) is 5.91 Å². The number of hydrogen-bond acceptors (Lipinski definition) is 3. The zero-order valence-electron chi connectivity index (χ0n) is 13.0. The minimum Gasteiger partial charge on any atom is -0.409 e. The highest BCUT2D eigenvalue weighted by atomic mass is 16.4. The molecule has 5 nitrogen and oxygen atoms in total. The Bertz CT molecular complexity index is 474. The van der Waals surface area contributed by atoms with Crippen molar-refractivity contribution in [1.82, 2.24) is 4.90 Å². The van der Waals surface area contributed by atoms with E-state index in [9.17, 15) is 4.79 Å². The van der Waals surface area contributed by atoms with Crippen LogP contribution in [0, 0.1) is 5.92 Å². The van der Waals surface area contributed by atoms with Crippen molar-refractivity contribution in [3.63, 3.8) is 0 Å². The number of hydrogen-bond donors (Lipinski definition) is 2. The third-order valence-electron chi connectivity index (χ3n) is 3.72. The van der Waals surface area contributed by atoms with E-state index < -0.39 is 0 Å². The quantitative estimate of drug-likeness (QED) is 0.350. The summed E-state index contributed by atoms with van der Waals surface area (Å²) in [4.78, 5) is 14.5. The lowest BCUT2D eigenvalue weighted by atomic mass is 9.94. The van der Waals surface area contributed by atoms with E-state index in [1.165, 1.54) is 0 Å². The summed E-state index contributed by atoms with van der Waals surface area (Å²) < 4.78 is 0. The predicted molar refractivity (Wildman–Crippen MR) is 84.3 cm³/mol. The second kappa shape index (κ2) is 8.29. The fraction of sp³-hybridized carbons (Fsp3) is 0.500. The van der Waals surface area contributed by atoms with Crippen LogP contribution in [0.5, 0.6) is 0 Å². The van der Waals surface area contributed by atoms with Gasteiger partial charge in [0, 0.05) is 19.0 Å². The Morgan fingerprint density at radius 3 is 2.43 bits per heavy atom. The van der Waals surface area contributed by atoms with E-state index in [-0.39, 0.29) is 23.6 Å². The first-order valence-corrected chi connectivity index (χ1v) is 7.36. The van der Waals surface area contributed by atoms with Crippen molar-refractivity contribution in [2.75, 3.05) is 13.1 Å². The van der Waals surface area contributed by atoms with Gasteiger partial charge in [0.15, 0.2) is 0 Å². The van der Waals surface area contributed by atoms with E-state index in [1.807, 2.05) is 51.1 Å². The van der Waals surface area contributed by atoms with E-state index in [0.717, 1.165) is 12.0 Å². The molecule has 0 bridgehead atoms. The first kappa shape index (κ1) is 17.0. The Morgan fingerprint density at radius 2 is 1.95 bits per heavy atom.